The molecule has 192 valence electrons. The second-order valence-corrected chi connectivity index (χ2v) is 11.3. The summed E-state index contributed by atoms with van der Waals surface area (Å²) in [5.41, 5.74) is 6.93. The maximum absolute atomic E-state index is 15.7. The van der Waals surface area contributed by atoms with Crippen molar-refractivity contribution in [2.75, 3.05) is 21.5 Å². The lowest BCUT2D eigenvalue weighted by atomic mass is 10.0. The Labute approximate surface area is 218 Å². The third kappa shape index (κ3) is 4.60. The van der Waals surface area contributed by atoms with E-state index in [0.717, 1.165) is 16.5 Å². The van der Waals surface area contributed by atoms with Crippen molar-refractivity contribution in [3.05, 3.63) is 82.8 Å². The van der Waals surface area contributed by atoms with Crippen LogP contribution in [-0.4, -0.2) is 42.5 Å². The standard InChI is InChI=1S/C25H23ClFN5O4S/c26-17-7-10-22(29-14-17)32(24(33)23-19-6-2-1-5-16(19)15-30(23)25(28)34)21-9-8-18(13-20(21)27)31-11-3-4-12-37(31,35)36/h1-2,5-10,13-14,23H,3-4,11-12,15H2,(H2,28,34). The first-order valence-corrected chi connectivity index (χ1v) is 13.6. The van der Waals surface area contributed by atoms with Crippen molar-refractivity contribution in [3.63, 3.8) is 0 Å². The molecule has 1 unspecified atom stereocenters. The molecule has 2 aromatic carbocycles. The number of urea groups is 1. The molecule has 3 heterocycles. The van der Waals surface area contributed by atoms with Crippen molar-refractivity contribution in [1.82, 2.24) is 9.88 Å². The van der Waals surface area contributed by atoms with Gasteiger partial charge in [0.1, 0.15) is 17.7 Å². The van der Waals surface area contributed by atoms with Crippen LogP contribution < -0.4 is 14.9 Å². The van der Waals surface area contributed by atoms with E-state index in [1.807, 2.05) is 0 Å². The summed E-state index contributed by atoms with van der Waals surface area (Å²) in [5.74, 6) is -1.43. The van der Waals surface area contributed by atoms with Crippen molar-refractivity contribution < 1.29 is 22.4 Å². The van der Waals surface area contributed by atoms with Crippen LogP contribution >= 0.6 is 11.6 Å². The maximum Gasteiger partial charge on any atom is 0.316 e. The van der Waals surface area contributed by atoms with Crippen LogP contribution in [0.5, 0.6) is 0 Å². The van der Waals surface area contributed by atoms with Crippen LogP contribution in [0, 0.1) is 5.82 Å². The summed E-state index contributed by atoms with van der Waals surface area (Å²) in [7, 11) is -3.56. The van der Waals surface area contributed by atoms with E-state index >= 15 is 4.39 Å². The zero-order chi connectivity index (χ0) is 26.3. The molecule has 1 atom stereocenters. The number of nitrogens with two attached hydrogens (primary N) is 1. The number of hydrogen-bond donors (Lipinski definition) is 1. The van der Waals surface area contributed by atoms with Crippen molar-refractivity contribution in [3.8, 4) is 0 Å². The normalized spacial score (nSPS) is 18.4. The highest BCUT2D eigenvalue weighted by Gasteiger charge is 2.41. The molecule has 1 aromatic heterocycles. The number of anilines is 3. The molecule has 1 fully saturated rings. The molecule has 12 heteroatoms. The molecule has 0 radical (unpaired) electrons. The molecule has 37 heavy (non-hydrogen) atoms. The number of hydrogen-bond acceptors (Lipinski definition) is 5. The number of amides is 3. The van der Waals surface area contributed by atoms with Gasteiger partial charge in [-0.15, -0.1) is 0 Å². The smallest absolute Gasteiger partial charge is 0.316 e. The number of halogens is 2. The van der Waals surface area contributed by atoms with Gasteiger partial charge in [0.25, 0.3) is 5.91 Å². The number of fused-ring (bicyclic) bond motifs is 1. The SMILES string of the molecule is NC(=O)N1Cc2ccccc2C1C(=O)N(c1ccc(Cl)cn1)c1ccc(N2CCCCS2(=O)=O)cc1F. The van der Waals surface area contributed by atoms with E-state index in [0.29, 0.717) is 23.4 Å². The molecule has 5 rings (SSSR count). The molecule has 3 amide bonds. The van der Waals surface area contributed by atoms with Crippen LogP contribution in [0.3, 0.4) is 0 Å². The van der Waals surface area contributed by atoms with E-state index in [4.69, 9.17) is 17.3 Å². The van der Waals surface area contributed by atoms with Gasteiger partial charge >= 0.3 is 6.03 Å². The molecule has 2 N–H and O–H groups in total. The van der Waals surface area contributed by atoms with Crippen LogP contribution in [0.2, 0.25) is 5.02 Å². The Morgan fingerprint density at radius 3 is 2.57 bits per heavy atom. The zero-order valence-corrected chi connectivity index (χ0v) is 21.1. The second-order valence-electron chi connectivity index (χ2n) is 8.81. The zero-order valence-electron chi connectivity index (χ0n) is 19.5. The Balaban J connectivity index is 1.61. The molecule has 1 saturated heterocycles. The van der Waals surface area contributed by atoms with Crippen molar-refractivity contribution >= 4 is 50.8 Å². The van der Waals surface area contributed by atoms with Gasteiger partial charge in [-0.25, -0.2) is 22.6 Å². The van der Waals surface area contributed by atoms with E-state index in [-0.39, 0.29) is 36.0 Å². The Hall–Kier alpha value is -3.70. The van der Waals surface area contributed by atoms with Gasteiger partial charge in [-0.05, 0) is 48.2 Å². The fraction of sp³-hybridized carbons (Fsp3) is 0.240. The number of aromatic nitrogens is 1. The monoisotopic (exact) mass is 543 g/mol. The van der Waals surface area contributed by atoms with Gasteiger partial charge in [-0.2, -0.15) is 0 Å². The van der Waals surface area contributed by atoms with Crippen LogP contribution in [0.4, 0.5) is 26.4 Å². The minimum Gasteiger partial charge on any atom is -0.351 e. The lowest BCUT2D eigenvalue weighted by molar-refractivity contribution is -0.122. The Morgan fingerprint density at radius 2 is 1.89 bits per heavy atom. The minimum atomic E-state index is -3.56. The molecule has 2 aliphatic rings. The average molecular weight is 544 g/mol. The molecule has 3 aromatic rings. The first kappa shape index (κ1) is 25.0. The molecule has 2 aliphatic heterocycles. The van der Waals surface area contributed by atoms with Crippen molar-refractivity contribution in [1.29, 1.82) is 0 Å². The third-order valence-electron chi connectivity index (χ3n) is 6.49. The predicted molar refractivity (Wildman–Crippen MR) is 137 cm³/mol. The predicted octanol–water partition coefficient (Wildman–Crippen LogP) is 4.10. The fourth-order valence-corrected chi connectivity index (χ4v) is 6.49. The van der Waals surface area contributed by atoms with E-state index in [1.165, 1.54) is 39.7 Å². The van der Waals surface area contributed by atoms with Gasteiger partial charge in [0.15, 0.2) is 0 Å². The van der Waals surface area contributed by atoms with Crippen molar-refractivity contribution in [2.24, 2.45) is 5.73 Å². The second kappa shape index (κ2) is 9.64. The highest BCUT2D eigenvalue weighted by Crippen LogP contribution is 2.39. The molecule has 0 spiro atoms. The topological polar surface area (TPSA) is 117 Å². The van der Waals surface area contributed by atoms with Crippen LogP contribution in [-0.2, 0) is 21.4 Å². The molecule has 9 nitrogen and oxygen atoms in total. The third-order valence-corrected chi connectivity index (χ3v) is 8.58. The molecular weight excluding hydrogens is 521 g/mol. The summed E-state index contributed by atoms with van der Waals surface area (Å²) in [5, 5.41) is 0.312. The molecule has 0 aliphatic carbocycles. The first-order valence-electron chi connectivity index (χ1n) is 11.6. The Bertz CT molecular complexity index is 1480. The highest BCUT2D eigenvalue weighted by molar-refractivity contribution is 7.92. The van der Waals surface area contributed by atoms with E-state index in [1.54, 1.807) is 24.3 Å². The summed E-state index contributed by atoms with van der Waals surface area (Å²) in [6.45, 7) is 0.368. The summed E-state index contributed by atoms with van der Waals surface area (Å²) in [6.07, 6.45) is 2.52. The Kier molecular flexibility index (Phi) is 6.50. The quantitative estimate of drug-likeness (QED) is 0.531. The van der Waals surface area contributed by atoms with Crippen LogP contribution in [0.15, 0.2) is 60.8 Å². The number of primary amides is 1. The van der Waals surface area contributed by atoms with E-state index in [2.05, 4.69) is 4.98 Å². The van der Waals surface area contributed by atoms with Gasteiger partial charge in [-0.1, -0.05) is 35.9 Å². The average Bonchev–Trinajstić information content (AvgIpc) is 3.26. The van der Waals surface area contributed by atoms with Crippen LogP contribution in [0.1, 0.15) is 30.0 Å². The number of sulfonamides is 1. The van der Waals surface area contributed by atoms with Crippen LogP contribution in [0.25, 0.3) is 0 Å². The fourth-order valence-electron chi connectivity index (χ4n) is 4.75. The maximum atomic E-state index is 15.7. The van der Waals surface area contributed by atoms with Gasteiger partial charge in [0.2, 0.25) is 10.0 Å². The summed E-state index contributed by atoms with van der Waals surface area (Å²) in [4.78, 5) is 32.8. The number of pyridine rings is 1. The number of benzene rings is 2. The molecule has 0 bridgehead atoms. The minimum absolute atomic E-state index is 0.0142. The van der Waals surface area contributed by atoms with Crippen molar-refractivity contribution in [2.45, 2.75) is 25.4 Å². The van der Waals surface area contributed by atoms with Gasteiger partial charge in [0, 0.05) is 25.4 Å². The number of carbonyl (C=O) groups excluding carboxylic acids is 2. The van der Waals surface area contributed by atoms with Gasteiger partial charge in [0.05, 0.1) is 22.2 Å². The molecule has 0 saturated carbocycles. The van der Waals surface area contributed by atoms with E-state index < -0.39 is 33.8 Å². The van der Waals surface area contributed by atoms with Gasteiger partial charge in [-0.3, -0.25) is 14.0 Å². The summed E-state index contributed by atoms with van der Waals surface area (Å²) in [6, 6.07) is 11.9. The lowest BCUT2D eigenvalue weighted by Gasteiger charge is -2.31. The molecular formula is C25H23ClFN5O4S. The number of rotatable bonds is 4. The number of carbonyl (C=O) groups is 2. The summed E-state index contributed by atoms with van der Waals surface area (Å²) < 4.78 is 41.9. The Morgan fingerprint density at radius 1 is 1.11 bits per heavy atom. The summed E-state index contributed by atoms with van der Waals surface area (Å²) >= 11 is 5.99. The number of nitrogens with zero attached hydrogens (tertiary/aromatic N) is 4. The van der Waals surface area contributed by atoms with E-state index in [9.17, 15) is 18.0 Å². The first-order chi connectivity index (χ1) is 17.7. The lowest BCUT2D eigenvalue weighted by Crippen LogP contribution is -2.43. The van der Waals surface area contributed by atoms with Gasteiger partial charge < -0.3 is 10.6 Å². The highest BCUT2D eigenvalue weighted by atomic mass is 35.5. The largest absolute Gasteiger partial charge is 0.351 e.